The average Bonchev–Trinajstić information content (AvgIpc) is 3.71. The van der Waals surface area contributed by atoms with Crippen LogP contribution in [0, 0.1) is 29.9 Å². The number of fused-ring (bicyclic) bond motifs is 4. The average molecular weight is 534 g/mol. The zero-order valence-corrected chi connectivity index (χ0v) is 21.7. The molecule has 5 aliphatic rings. The molecule has 1 spiro atoms. The normalized spacial score (nSPS) is 22.1. The highest BCUT2D eigenvalue weighted by Gasteiger charge is 2.52. The number of aliphatic hydroxyl groups excluding tert-OH is 1. The van der Waals surface area contributed by atoms with Crippen molar-refractivity contribution < 1.29 is 18.7 Å². The molecule has 5 nitrogen and oxygen atoms in total. The van der Waals surface area contributed by atoms with Gasteiger partial charge in [0, 0.05) is 34.5 Å². The fraction of sp³-hybridized carbons (Fsp3) is 0.300. The Morgan fingerprint density at radius 2 is 1.87 bits per heavy atom. The van der Waals surface area contributed by atoms with Gasteiger partial charge in [-0.05, 0) is 66.9 Å². The van der Waals surface area contributed by atoms with Gasteiger partial charge in [0.2, 0.25) is 0 Å². The lowest BCUT2D eigenvalue weighted by Gasteiger charge is -2.48. The maximum absolute atomic E-state index is 13.7. The molecule has 1 aliphatic carbocycles. The third-order valence-corrected chi connectivity index (χ3v) is 8.95. The molecule has 2 N–H and O–H groups in total. The summed E-state index contributed by atoms with van der Waals surface area (Å²) in [6.07, 6.45) is 16.9. The molecule has 7 rings (SSSR count). The third-order valence-electron chi connectivity index (χ3n) is 7.81. The molecule has 38 heavy (non-hydrogen) atoms. The van der Waals surface area contributed by atoms with E-state index in [1.165, 1.54) is 24.5 Å². The number of rotatable bonds is 0. The molecular weight excluding hydrogens is 504 g/mol. The Bertz CT molecular complexity index is 1380. The minimum atomic E-state index is -0.754. The lowest BCUT2D eigenvalue weighted by Crippen LogP contribution is -2.64. The highest BCUT2D eigenvalue weighted by molar-refractivity contribution is 7.98. The van der Waals surface area contributed by atoms with Crippen LogP contribution in [0.3, 0.4) is 0 Å². The zero-order valence-electron chi connectivity index (χ0n) is 20.9. The van der Waals surface area contributed by atoms with Crippen LogP contribution in [0.2, 0.25) is 0 Å². The number of hydrazine groups is 1. The van der Waals surface area contributed by atoms with Crippen LogP contribution in [0.15, 0.2) is 77.2 Å². The molecule has 8 heteroatoms. The molecule has 1 atom stereocenters. The molecule has 4 aliphatic heterocycles. The molecule has 196 valence electrons. The molecule has 0 unspecified atom stereocenters. The van der Waals surface area contributed by atoms with Gasteiger partial charge in [0.15, 0.2) is 23.1 Å². The number of halogens is 2. The first kappa shape index (κ1) is 26.1. The van der Waals surface area contributed by atoms with E-state index in [1.807, 2.05) is 29.2 Å². The Hall–Kier alpha value is -3.54. The molecule has 1 amide bonds. The van der Waals surface area contributed by atoms with E-state index in [2.05, 4.69) is 24.9 Å². The number of piperidine rings is 1. The summed E-state index contributed by atoms with van der Waals surface area (Å²) in [7, 11) is 0. The number of allylic oxidation sites excluding steroid dienone is 1. The summed E-state index contributed by atoms with van der Waals surface area (Å²) in [5.41, 5.74) is 7.16. The number of amides is 1. The smallest absolute Gasteiger partial charge is 0.277 e. The van der Waals surface area contributed by atoms with Gasteiger partial charge in [-0.1, -0.05) is 30.8 Å². The third kappa shape index (κ3) is 4.72. The molecule has 1 saturated carbocycles. The second kappa shape index (κ2) is 10.3. The summed E-state index contributed by atoms with van der Waals surface area (Å²) in [4.78, 5) is 15.5. The molecular formula is C30H29F2N3O2S. The number of nitrogens with one attached hydrogen (secondary N) is 1. The van der Waals surface area contributed by atoms with Crippen LogP contribution in [-0.4, -0.2) is 33.6 Å². The van der Waals surface area contributed by atoms with Crippen LogP contribution in [-0.2, 0) is 17.0 Å². The van der Waals surface area contributed by atoms with E-state index in [1.54, 1.807) is 35.1 Å². The predicted octanol–water partition coefficient (Wildman–Crippen LogP) is 5.80. The van der Waals surface area contributed by atoms with Gasteiger partial charge in [0.25, 0.3) is 5.91 Å². The minimum Gasteiger partial charge on any atom is -0.505 e. The Morgan fingerprint density at radius 3 is 2.63 bits per heavy atom. The molecule has 0 radical (unpaired) electrons. The van der Waals surface area contributed by atoms with Gasteiger partial charge in [-0.3, -0.25) is 9.80 Å². The summed E-state index contributed by atoms with van der Waals surface area (Å²) in [6, 6.07) is 10.9. The highest BCUT2D eigenvalue weighted by Crippen LogP contribution is 2.55. The van der Waals surface area contributed by atoms with E-state index in [4.69, 9.17) is 0 Å². The Labute approximate surface area is 225 Å². The molecule has 2 aromatic rings. The van der Waals surface area contributed by atoms with Gasteiger partial charge in [-0.15, -0.1) is 24.6 Å². The maximum Gasteiger partial charge on any atom is 0.277 e. The van der Waals surface area contributed by atoms with Crippen LogP contribution in [0.4, 0.5) is 8.78 Å². The van der Waals surface area contributed by atoms with Crippen LogP contribution in [0.1, 0.15) is 42.4 Å². The van der Waals surface area contributed by atoms with E-state index in [0.717, 1.165) is 29.8 Å². The Balaban J connectivity index is 0.000000146. The summed E-state index contributed by atoms with van der Waals surface area (Å²) >= 11 is 1.57. The Kier molecular flexibility index (Phi) is 7.08. The lowest BCUT2D eigenvalue weighted by molar-refractivity contribution is -0.141. The molecule has 0 bridgehead atoms. The SMILES string of the molecule is C#C.C=C1C=CN2N[C@@H]3CC4(CCN3C(=O)C2=C1O)CC4.Fc1ccc2c(c1F)CSc1ccccc1C2. The lowest BCUT2D eigenvalue weighted by atomic mass is 9.90. The quantitative estimate of drug-likeness (QED) is 0.420. The number of terminal acetylenes is 1. The molecule has 4 heterocycles. The summed E-state index contributed by atoms with van der Waals surface area (Å²) in [6.45, 7) is 4.51. The first-order chi connectivity index (χ1) is 18.3. The summed E-state index contributed by atoms with van der Waals surface area (Å²) in [5, 5.41) is 11.7. The number of thioether (sulfide) groups is 1. The second-order valence-corrected chi connectivity index (χ2v) is 11.1. The van der Waals surface area contributed by atoms with Crippen LogP contribution in [0.5, 0.6) is 0 Å². The predicted molar refractivity (Wildman–Crippen MR) is 144 cm³/mol. The zero-order chi connectivity index (χ0) is 27.0. The van der Waals surface area contributed by atoms with Crippen molar-refractivity contribution in [3.05, 3.63) is 101 Å². The minimum absolute atomic E-state index is 0.0230. The van der Waals surface area contributed by atoms with Crippen molar-refractivity contribution in [2.75, 3.05) is 6.54 Å². The first-order valence-corrected chi connectivity index (χ1v) is 13.5. The number of carbonyl (C=O) groups excluding carboxylic acids is 1. The van der Waals surface area contributed by atoms with Gasteiger partial charge in [-0.25, -0.2) is 14.2 Å². The van der Waals surface area contributed by atoms with Gasteiger partial charge >= 0.3 is 0 Å². The molecule has 2 aromatic carbocycles. The summed E-state index contributed by atoms with van der Waals surface area (Å²) < 4.78 is 26.9. The Morgan fingerprint density at radius 1 is 1.11 bits per heavy atom. The van der Waals surface area contributed by atoms with Crippen LogP contribution < -0.4 is 5.43 Å². The van der Waals surface area contributed by atoms with Crippen molar-refractivity contribution in [2.45, 2.75) is 48.9 Å². The van der Waals surface area contributed by atoms with Crippen molar-refractivity contribution in [1.29, 1.82) is 0 Å². The van der Waals surface area contributed by atoms with Crippen molar-refractivity contribution >= 4 is 17.7 Å². The van der Waals surface area contributed by atoms with E-state index < -0.39 is 11.6 Å². The number of aliphatic hydroxyl groups is 1. The van der Waals surface area contributed by atoms with Crippen LogP contribution >= 0.6 is 11.8 Å². The standard InChI is InChI=1S/C14H10F2S.C14H17N3O2.C2H2/c15-12-6-5-9-7-10-3-1-2-4-13(10)17-8-11(9)14(12)16;1-9-2-6-17-11(12(9)18)13(19)16-7-5-14(3-4-14)8-10(16)15-17;1-2/h1-6H,7-8H2;2,6,10,15,18H,1,3-5,7-8H2;1-2H/t;10-;/m.0./s1. The number of carbonyl (C=O) groups is 1. The highest BCUT2D eigenvalue weighted by atomic mass is 32.2. The van der Waals surface area contributed by atoms with E-state index in [9.17, 15) is 18.7 Å². The largest absolute Gasteiger partial charge is 0.505 e. The topological polar surface area (TPSA) is 55.8 Å². The van der Waals surface area contributed by atoms with E-state index in [-0.39, 0.29) is 17.8 Å². The molecule has 2 saturated heterocycles. The van der Waals surface area contributed by atoms with Gasteiger partial charge in [-0.2, -0.15) is 0 Å². The second-order valence-electron chi connectivity index (χ2n) is 10.1. The number of hydrogen-bond acceptors (Lipinski definition) is 5. The van der Waals surface area contributed by atoms with Crippen LogP contribution in [0.25, 0.3) is 0 Å². The van der Waals surface area contributed by atoms with Crippen molar-refractivity contribution in [3.8, 4) is 12.8 Å². The van der Waals surface area contributed by atoms with Crippen molar-refractivity contribution in [3.63, 3.8) is 0 Å². The molecule has 3 fully saturated rings. The summed E-state index contributed by atoms with van der Waals surface area (Å²) in [5.74, 6) is -1.07. The fourth-order valence-electron chi connectivity index (χ4n) is 5.42. The van der Waals surface area contributed by atoms with Crippen molar-refractivity contribution in [2.24, 2.45) is 5.41 Å². The van der Waals surface area contributed by atoms with Gasteiger partial charge in [0.05, 0.1) is 0 Å². The van der Waals surface area contributed by atoms with E-state index >= 15 is 0 Å². The maximum atomic E-state index is 13.7. The fourth-order valence-corrected chi connectivity index (χ4v) is 6.53. The molecule has 0 aromatic heterocycles. The van der Waals surface area contributed by atoms with E-state index in [0.29, 0.717) is 34.4 Å². The number of benzene rings is 2. The number of nitrogens with zero attached hydrogens (tertiary/aromatic N) is 2. The first-order valence-electron chi connectivity index (χ1n) is 12.5. The van der Waals surface area contributed by atoms with Crippen molar-refractivity contribution in [1.82, 2.24) is 15.3 Å². The van der Waals surface area contributed by atoms with Gasteiger partial charge < -0.3 is 10.0 Å². The number of hydrogen-bond donors (Lipinski definition) is 2. The van der Waals surface area contributed by atoms with Gasteiger partial charge in [0.1, 0.15) is 6.17 Å². The monoisotopic (exact) mass is 533 g/mol.